The van der Waals surface area contributed by atoms with E-state index in [0.29, 0.717) is 19.8 Å². The van der Waals surface area contributed by atoms with Crippen LogP contribution in [0.4, 0.5) is 0 Å². The minimum Gasteiger partial charge on any atom is -0.379 e. The van der Waals surface area contributed by atoms with Crippen molar-refractivity contribution in [1.82, 2.24) is 14.9 Å². The molecule has 1 aliphatic rings. The molecule has 2 heterocycles. The predicted molar refractivity (Wildman–Crippen MR) is 115 cm³/mol. The largest absolute Gasteiger partial charge is 0.379 e. The number of amides is 1. The maximum Gasteiger partial charge on any atom is 0.254 e. The van der Waals surface area contributed by atoms with Gasteiger partial charge in [-0.05, 0) is 23.8 Å². The van der Waals surface area contributed by atoms with Crippen molar-refractivity contribution in [3.05, 3.63) is 70.9 Å². The number of rotatable bonds is 6. The molecule has 0 saturated carbocycles. The van der Waals surface area contributed by atoms with Gasteiger partial charge in [0.25, 0.3) is 5.91 Å². The Morgan fingerprint density at radius 3 is 2.69 bits per heavy atom. The maximum absolute atomic E-state index is 12.1. The molecule has 0 unspecified atom stereocenters. The number of carbonyl (C=O) groups excluding carboxylic acids is 1. The first-order valence-electron chi connectivity index (χ1n) is 9.63. The highest BCUT2D eigenvalue weighted by molar-refractivity contribution is 6.30. The van der Waals surface area contributed by atoms with E-state index >= 15 is 0 Å². The van der Waals surface area contributed by atoms with Crippen LogP contribution in [0.2, 0.25) is 5.02 Å². The molecule has 1 amide bonds. The van der Waals surface area contributed by atoms with Crippen LogP contribution in [-0.2, 0) is 16.1 Å². The highest BCUT2D eigenvalue weighted by Crippen LogP contribution is 2.21. The van der Waals surface area contributed by atoms with Crippen LogP contribution in [-0.4, -0.2) is 54.4 Å². The lowest BCUT2D eigenvalue weighted by atomic mass is 10.2. The third-order valence-electron chi connectivity index (χ3n) is 4.95. The van der Waals surface area contributed by atoms with Gasteiger partial charge in [-0.15, -0.1) is 0 Å². The third kappa shape index (κ3) is 5.03. The van der Waals surface area contributed by atoms with Crippen LogP contribution in [0.5, 0.6) is 0 Å². The molecule has 150 valence electrons. The van der Waals surface area contributed by atoms with Crippen LogP contribution in [0.25, 0.3) is 10.9 Å². The van der Waals surface area contributed by atoms with Crippen LogP contribution in [0.3, 0.4) is 0 Å². The van der Waals surface area contributed by atoms with Gasteiger partial charge in [0, 0.05) is 47.3 Å². The molecule has 0 aliphatic carbocycles. The summed E-state index contributed by atoms with van der Waals surface area (Å²) in [6.45, 7) is 3.95. The van der Waals surface area contributed by atoms with Crippen LogP contribution in [0.15, 0.2) is 59.8 Å². The van der Waals surface area contributed by atoms with E-state index in [4.69, 9.17) is 16.3 Å². The molecule has 7 heteroatoms. The molecule has 6 nitrogen and oxygen atoms in total. The van der Waals surface area contributed by atoms with Gasteiger partial charge in [-0.2, -0.15) is 5.10 Å². The first-order chi connectivity index (χ1) is 14.2. The zero-order valence-electron chi connectivity index (χ0n) is 16.1. The van der Waals surface area contributed by atoms with Crippen molar-refractivity contribution in [2.75, 3.05) is 32.8 Å². The van der Waals surface area contributed by atoms with Gasteiger partial charge in [0.15, 0.2) is 0 Å². The molecule has 2 aromatic carbocycles. The monoisotopic (exact) mass is 410 g/mol. The van der Waals surface area contributed by atoms with Crippen LogP contribution < -0.4 is 5.43 Å². The molecule has 1 saturated heterocycles. The second-order valence-corrected chi connectivity index (χ2v) is 7.47. The Morgan fingerprint density at radius 1 is 1.14 bits per heavy atom. The Kier molecular flexibility index (Phi) is 6.24. The summed E-state index contributed by atoms with van der Waals surface area (Å²) in [6.07, 6.45) is 3.76. The van der Waals surface area contributed by atoms with Crippen molar-refractivity contribution in [1.29, 1.82) is 0 Å². The number of para-hydroxylation sites is 1. The molecule has 1 aliphatic heterocycles. The summed E-state index contributed by atoms with van der Waals surface area (Å²) in [5.41, 5.74) is 5.87. The number of morpholine rings is 1. The Bertz CT molecular complexity index is 1010. The number of nitrogens with one attached hydrogen (secondary N) is 1. The van der Waals surface area contributed by atoms with Gasteiger partial charge >= 0.3 is 0 Å². The number of aromatic nitrogens is 1. The quantitative estimate of drug-likeness (QED) is 0.501. The average Bonchev–Trinajstić information content (AvgIpc) is 3.08. The average molecular weight is 411 g/mol. The molecule has 0 bridgehead atoms. The van der Waals surface area contributed by atoms with E-state index in [9.17, 15) is 4.79 Å². The first kappa shape index (κ1) is 19.6. The van der Waals surface area contributed by atoms with Crippen molar-refractivity contribution in [2.24, 2.45) is 5.10 Å². The zero-order valence-corrected chi connectivity index (χ0v) is 16.8. The maximum atomic E-state index is 12.1. The summed E-state index contributed by atoms with van der Waals surface area (Å²) in [7, 11) is 0. The van der Waals surface area contributed by atoms with Crippen LogP contribution >= 0.6 is 11.6 Å². The van der Waals surface area contributed by atoms with Crippen LogP contribution in [0.1, 0.15) is 11.1 Å². The summed E-state index contributed by atoms with van der Waals surface area (Å²) < 4.78 is 7.48. The standard InChI is InChI=1S/C22H23ClN4O2/c23-19-7-5-17(6-8-19)14-27-15-18(20-3-1-2-4-21(20)27)13-24-25-22(28)16-26-9-11-29-12-10-26/h1-8,13,15H,9-12,14,16H2,(H,25,28)/b24-13+. The van der Waals surface area contributed by atoms with Crippen molar-refractivity contribution >= 4 is 34.6 Å². The number of hydrogen-bond donors (Lipinski definition) is 1. The summed E-state index contributed by atoms with van der Waals surface area (Å²) in [6, 6.07) is 16.0. The predicted octanol–water partition coefficient (Wildman–Crippen LogP) is 3.13. The molecule has 29 heavy (non-hydrogen) atoms. The second-order valence-electron chi connectivity index (χ2n) is 7.04. The first-order valence-corrected chi connectivity index (χ1v) is 10.0. The fourth-order valence-electron chi connectivity index (χ4n) is 3.47. The molecular formula is C22H23ClN4O2. The number of benzene rings is 2. The lowest BCUT2D eigenvalue weighted by Crippen LogP contribution is -2.42. The normalized spacial score (nSPS) is 15.2. The molecule has 4 rings (SSSR count). The van der Waals surface area contributed by atoms with E-state index in [1.54, 1.807) is 6.21 Å². The van der Waals surface area contributed by atoms with Crippen LogP contribution in [0, 0.1) is 0 Å². The van der Waals surface area contributed by atoms with E-state index in [0.717, 1.165) is 46.7 Å². The van der Waals surface area contributed by atoms with Crippen molar-refractivity contribution in [3.63, 3.8) is 0 Å². The van der Waals surface area contributed by atoms with E-state index in [1.165, 1.54) is 0 Å². The molecule has 1 aromatic heterocycles. The number of hydrogen-bond acceptors (Lipinski definition) is 4. The zero-order chi connectivity index (χ0) is 20.1. The van der Waals surface area contributed by atoms with Gasteiger partial charge in [-0.3, -0.25) is 9.69 Å². The lowest BCUT2D eigenvalue weighted by Gasteiger charge is -2.25. The number of nitrogens with zero attached hydrogens (tertiary/aromatic N) is 3. The fourth-order valence-corrected chi connectivity index (χ4v) is 3.59. The summed E-state index contributed by atoms with van der Waals surface area (Å²) in [4.78, 5) is 14.2. The molecule has 1 fully saturated rings. The van der Waals surface area contributed by atoms with E-state index in [-0.39, 0.29) is 5.91 Å². The van der Waals surface area contributed by atoms with Gasteiger partial charge in [-0.1, -0.05) is 41.9 Å². The Balaban J connectivity index is 1.46. The minimum absolute atomic E-state index is 0.118. The smallest absolute Gasteiger partial charge is 0.254 e. The third-order valence-corrected chi connectivity index (χ3v) is 5.20. The summed E-state index contributed by atoms with van der Waals surface area (Å²) >= 11 is 5.99. The number of fused-ring (bicyclic) bond motifs is 1. The number of hydrazone groups is 1. The van der Waals surface area contributed by atoms with Gasteiger partial charge < -0.3 is 9.30 Å². The van der Waals surface area contributed by atoms with E-state index in [1.807, 2.05) is 36.4 Å². The molecule has 1 N–H and O–H groups in total. The SMILES string of the molecule is O=C(CN1CCOCC1)N/N=C/c1cn(Cc2ccc(Cl)cc2)c2ccccc12. The Morgan fingerprint density at radius 2 is 1.90 bits per heavy atom. The molecular weight excluding hydrogens is 388 g/mol. The van der Waals surface area contributed by atoms with Crippen molar-refractivity contribution in [3.8, 4) is 0 Å². The van der Waals surface area contributed by atoms with E-state index < -0.39 is 0 Å². The summed E-state index contributed by atoms with van der Waals surface area (Å²) in [5, 5.41) is 5.99. The van der Waals surface area contributed by atoms with E-state index in [2.05, 4.69) is 38.3 Å². The molecule has 0 spiro atoms. The fraction of sp³-hybridized carbons (Fsp3) is 0.273. The number of halogens is 1. The second kappa shape index (κ2) is 9.22. The minimum atomic E-state index is -0.118. The van der Waals surface area contributed by atoms with Gasteiger partial charge in [0.1, 0.15) is 0 Å². The molecule has 3 aromatic rings. The Labute approximate surface area is 174 Å². The lowest BCUT2D eigenvalue weighted by molar-refractivity contribution is -0.123. The molecule has 0 atom stereocenters. The van der Waals surface area contributed by atoms with Crippen molar-refractivity contribution < 1.29 is 9.53 Å². The molecule has 0 radical (unpaired) electrons. The van der Waals surface area contributed by atoms with Gasteiger partial charge in [0.05, 0.1) is 26.0 Å². The number of ether oxygens (including phenoxy) is 1. The Hall–Kier alpha value is -2.67. The highest BCUT2D eigenvalue weighted by atomic mass is 35.5. The summed E-state index contributed by atoms with van der Waals surface area (Å²) in [5.74, 6) is -0.118. The van der Waals surface area contributed by atoms with Crippen molar-refractivity contribution in [2.45, 2.75) is 6.54 Å². The number of carbonyl (C=O) groups is 1. The topological polar surface area (TPSA) is 58.9 Å². The van der Waals surface area contributed by atoms with Gasteiger partial charge in [0.2, 0.25) is 0 Å². The highest BCUT2D eigenvalue weighted by Gasteiger charge is 2.13. The van der Waals surface area contributed by atoms with Gasteiger partial charge in [-0.25, -0.2) is 5.43 Å².